The van der Waals surface area contributed by atoms with Gasteiger partial charge in [-0.3, -0.25) is 9.69 Å². The number of aromatic nitrogens is 5. The zero-order valence-corrected chi connectivity index (χ0v) is 19.2. The molecule has 9 heteroatoms. The molecule has 176 valence electrons. The number of pyridine rings is 1. The van der Waals surface area contributed by atoms with Crippen LogP contribution < -0.4 is 10.3 Å². The molecule has 3 heterocycles. The van der Waals surface area contributed by atoms with Gasteiger partial charge >= 0.3 is 0 Å². The van der Waals surface area contributed by atoms with Crippen LogP contribution in [0.25, 0.3) is 10.9 Å². The molecule has 0 radical (unpaired) electrons. The third-order valence-corrected chi connectivity index (χ3v) is 6.95. The van der Waals surface area contributed by atoms with Gasteiger partial charge < -0.3 is 14.5 Å². The molecule has 2 aromatic heterocycles. The van der Waals surface area contributed by atoms with E-state index < -0.39 is 0 Å². The maximum Gasteiger partial charge on any atom is 0.252 e. The first-order valence-corrected chi connectivity index (χ1v) is 12.0. The highest BCUT2D eigenvalue weighted by atomic mass is 16.5. The molecule has 0 bridgehead atoms. The van der Waals surface area contributed by atoms with E-state index in [9.17, 15) is 4.79 Å². The minimum Gasteiger partial charge on any atom is -0.497 e. The summed E-state index contributed by atoms with van der Waals surface area (Å²) >= 11 is 0. The molecule has 1 aliphatic carbocycles. The highest BCUT2D eigenvalue weighted by Gasteiger charge is 2.26. The Kier molecular flexibility index (Phi) is 6.68. The summed E-state index contributed by atoms with van der Waals surface area (Å²) in [6.45, 7) is 2.67. The molecule has 0 unspecified atom stereocenters. The van der Waals surface area contributed by atoms with Crippen LogP contribution in [0.15, 0.2) is 29.1 Å². The molecule has 0 amide bonds. The molecule has 9 nitrogen and oxygen atoms in total. The normalized spacial score (nSPS) is 19.5. The maximum absolute atomic E-state index is 13.0. The van der Waals surface area contributed by atoms with E-state index in [-0.39, 0.29) is 11.7 Å². The van der Waals surface area contributed by atoms with Crippen LogP contribution in [0.1, 0.15) is 56.3 Å². The molecule has 3 aromatic rings. The second-order valence-electron chi connectivity index (χ2n) is 9.19. The van der Waals surface area contributed by atoms with Crippen molar-refractivity contribution in [2.24, 2.45) is 0 Å². The van der Waals surface area contributed by atoms with Crippen LogP contribution in [-0.2, 0) is 24.4 Å². The standard InChI is InChI=1S/C24H32N6O3/c1-32-20-10-9-17-12-18(24(31)25-22(17)13-20)14-29(19-6-3-2-4-7-19)16-23-26-27-28-30(23)15-21-8-5-11-33-21/h9-10,12-13,19,21H,2-8,11,14-16H2,1H3,(H,25,31)/t21-/m0/s1. The van der Waals surface area contributed by atoms with E-state index >= 15 is 0 Å². The molecule has 2 aliphatic rings. The van der Waals surface area contributed by atoms with E-state index in [0.29, 0.717) is 25.7 Å². The van der Waals surface area contributed by atoms with Crippen molar-refractivity contribution >= 4 is 10.9 Å². The number of rotatable bonds is 8. The topological polar surface area (TPSA) is 98.2 Å². The van der Waals surface area contributed by atoms with Gasteiger partial charge in [-0.15, -0.1) is 5.10 Å². The molecule has 1 saturated carbocycles. The van der Waals surface area contributed by atoms with Gasteiger partial charge in [-0.05, 0) is 59.7 Å². The molecule has 1 atom stereocenters. The van der Waals surface area contributed by atoms with Gasteiger partial charge in [0.05, 0.1) is 31.8 Å². The van der Waals surface area contributed by atoms with Crippen LogP contribution in [0.3, 0.4) is 0 Å². The predicted molar refractivity (Wildman–Crippen MR) is 124 cm³/mol. The Morgan fingerprint density at radius 3 is 2.82 bits per heavy atom. The molecule has 1 saturated heterocycles. The summed E-state index contributed by atoms with van der Waals surface area (Å²) in [6, 6.07) is 8.18. The first kappa shape index (κ1) is 22.0. The molecule has 1 aromatic carbocycles. The summed E-state index contributed by atoms with van der Waals surface area (Å²) in [5.74, 6) is 1.56. The summed E-state index contributed by atoms with van der Waals surface area (Å²) < 4.78 is 13.0. The quantitative estimate of drug-likeness (QED) is 0.561. The third-order valence-electron chi connectivity index (χ3n) is 6.95. The highest BCUT2D eigenvalue weighted by Crippen LogP contribution is 2.26. The van der Waals surface area contributed by atoms with Crippen LogP contribution in [0.5, 0.6) is 5.75 Å². The third kappa shape index (κ3) is 5.09. The molecule has 2 fully saturated rings. The lowest BCUT2D eigenvalue weighted by atomic mass is 9.93. The second kappa shape index (κ2) is 10.0. The van der Waals surface area contributed by atoms with E-state index in [4.69, 9.17) is 9.47 Å². The number of fused-ring (bicyclic) bond motifs is 1. The molecule has 1 N–H and O–H groups in total. The average Bonchev–Trinajstić information content (AvgIpc) is 3.52. The molecular weight excluding hydrogens is 420 g/mol. The zero-order valence-electron chi connectivity index (χ0n) is 19.2. The summed E-state index contributed by atoms with van der Waals surface area (Å²) in [7, 11) is 1.63. The van der Waals surface area contributed by atoms with Crippen LogP contribution in [-0.4, -0.2) is 56.0 Å². The number of hydrogen-bond donors (Lipinski definition) is 1. The lowest BCUT2D eigenvalue weighted by Crippen LogP contribution is -2.38. The Labute approximate surface area is 193 Å². The van der Waals surface area contributed by atoms with Crippen molar-refractivity contribution in [3.63, 3.8) is 0 Å². The molecule has 33 heavy (non-hydrogen) atoms. The van der Waals surface area contributed by atoms with Crippen LogP contribution in [0, 0.1) is 0 Å². The van der Waals surface area contributed by atoms with Gasteiger partial charge in [-0.2, -0.15) is 0 Å². The van der Waals surface area contributed by atoms with E-state index in [1.54, 1.807) is 7.11 Å². The highest BCUT2D eigenvalue weighted by molar-refractivity contribution is 5.80. The van der Waals surface area contributed by atoms with Crippen molar-refractivity contribution in [1.82, 2.24) is 30.1 Å². The number of nitrogens with zero attached hydrogens (tertiary/aromatic N) is 5. The minimum absolute atomic E-state index is 0.0597. The van der Waals surface area contributed by atoms with Gasteiger partial charge in [0.15, 0.2) is 5.82 Å². The number of methoxy groups -OCH3 is 1. The van der Waals surface area contributed by atoms with E-state index in [1.807, 2.05) is 28.9 Å². The largest absolute Gasteiger partial charge is 0.497 e. The van der Waals surface area contributed by atoms with Crippen molar-refractivity contribution in [2.75, 3.05) is 13.7 Å². The van der Waals surface area contributed by atoms with Crippen molar-refractivity contribution in [3.05, 3.63) is 46.0 Å². The summed E-state index contributed by atoms with van der Waals surface area (Å²) in [4.78, 5) is 18.4. The van der Waals surface area contributed by atoms with Gasteiger partial charge in [0.2, 0.25) is 0 Å². The Balaban J connectivity index is 1.40. The van der Waals surface area contributed by atoms with Crippen LogP contribution >= 0.6 is 0 Å². The van der Waals surface area contributed by atoms with Gasteiger partial charge in [0, 0.05) is 30.8 Å². The number of nitrogens with one attached hydrogen (secondary N) is 1. The monoisotopic (exact) mass is 452 g/mol. The van der Waals surface area contributed by atoms with Gasteiger partial charge in [-0.25, -0.2) is 4.68 Å². The summed E-state index contributed by atoms with van der Waals surface area (Å²) in [6.07, 6.45) is 8.29. The molecular formula is C24H32N6O3. The Bertz CT molecular complexity index is 1130. The first-order valence-electron chi connectivity index (χ1n) is 12.0. The Morgan fingerprint density at radius 1 is 1.15 bits per heavy atom. The minimum atomic E-state index is -0.0597. The van der Waals surface area contributed by atoms with E-state index in [2.05, 4.69) is 25.4 Å². The molecule has 0 spiro atoms. The number of tetrazole rings is 1. The average molecular weight is 453 g/mol. The van der Waals surface area contributed by atoms with Crippen molar-refractivity contribution in [3.8, 4) is 5.75 Å². The van der Waals surface area contributed by atoms with Gasteiger partial charge in [0.1, 0.15) is 5.75 Å². The van der Waals surface area contributed by atoms with E-state index in [0.717, 1.165) is 60.3 Å². The van der Waals surface area contributed by atoms with Crippen molar-refractivity contribution in [2.45, 2.75) is 76.7 Å². The molecule has 5 rings (SSSR count). The van der Waals surface area contributed by atoms with Crippen LogP contribution in [0.2, 0.25) is 0 Å². The SMILES string of the molecule is COc1ccc2cc(CN(Cc3nnnn3C[C@@H]3CCCO3)C3CCCCC3)c(=O)[nH]c2c1. The van der Waals surface area contributed by atoms with E-state index in [1.165, 1.54) is 19.3 Å². The summed E-state index contributed by atoms with van der Waals surface area (Å²) in [5.41, 5.74) is 1.49. The lowest BCUT2D eigenvalue weighted by molar-refractivity contribution is 0.0893. The fraction of sp³-hybridized carbons (Fsp3) is 0.583. The second-order valence-corrected chi connectivity index (χ2v) is 9.19. The first-order chi connectivity index (χ1) is 16.2. The van der Waals surface area contributed by atoms with Crippen molar-refractivity contribution in [1.29, 1.82) is 0 Å². The molecule has 1 aliphatic heterocycles. The Morgan fingerprint density at radius 2 is 2.03 bits per heavy atom. The van der Waals surface area contributed by atoms with Crippen molar-refractivity contribution < 1.29 is 9.47 Å². The fourth-order valence-corrected chi connectivity index (χ4v) is 5.09. The number of ether oxygens (including phenoxy) is 2. The van der Waals surface area contributed by atoms with Gasteiger partial charge in [-0.1, -0.05) is 19.3 Å². The number of aromatic amines is 1. The fourth-order valence-electron chi connectivity index (χ4n) is 5.09. The lowest BCUT2D eigenvalue weighted by Gasteiger charge is -2.34. The zero-order chi connectivity index (χ0) is 22.6. The number of benzene rings is 1. The van der Waals surface area contributed by atoms with Crippen LogP contribution in [0.4, 0.5) is 0 Å². The number of H-pyrrole nitrogens is 1. The maximum atomic E-state index is 13.0. The summed E-state index contributed by atoms with van der Waals surface area (Å²) in [5, 5.41) is 13.5. The predicted octanol–water partition coefficient (Wildman–Crippen LogP) is 3.04. The number of hydrogen-bond acceptors (Lipinski definition) is 7. The van der Waals surface area contributed by atoms with Gasteiger partial charge in [0.25, 0.3) is 5.56 Å². The Hall–Kier alpha value is -2.78. The smallest absolute Gasteiger partial charge is 0.252 e.